The smallest absolute Gasteiger partial charge is 0.350 e. The van der Waals surface area contributed by atoms with Crippen molar-refractivity contribution in [3.8, 4) is 10.4 Å². The standard InChI is InChI=1S/C13H12BrNO2S/c1-2-17-13(16)12-10(15)7-11(18-12)8-5-3-4-6-9(8)14/h3-7H,2,15H2,1H3. The van der Waals surface area contributed by atoms with E-state index in [-0.39, 0.29) is 5.97 Å². The van der Waals surface area contributed by atoms with Crippen LogP contribution in [0.2, 0.25) is 0 Å². The summed E-state index contributed by atoms with van der Waals surface area (Å²) < 4.78 is 5.94. The van der Waals surface area contributed by atoms with Crippen molar-refractivity contribution in [3.05, 3.63) is 39.7 Å². The van der Waals surface area contributed by atoms with Crippen molar-refractivity contribution in [2.75, 3.05) is 12.3 Å². The zero-order chi connectivity index (χ0) is 13.1. The van der Waals surface area contributed by atoms with Gasteiger partial charge in [0, 0.05) is 14.9 Å². The molecule has 0 bridgehead atoms. The van der Waals surface area contributed by atoms with E-state index in [2.05, 4.69) is 15.9 Å². The number of rotatable bonds is 3. The van der Waals surface area contributed by atoms with Crippen molar-refractivity contribution < 1.29 is 9.53 Å². The second-order valence-electron chi connectivity index (χ2n) is 3.60. The van der Waals surface area contributed by atoms with Crippen molar-refractivity contribution in [1.82, 2.24) is 0 Å². The zero-order valence-corrected chi connectivity index (χ0v) is 12.2. The van der Waals surface area contributed by atoms with Gasteiger partial charge in [-0.3, -0.25) is 0 Å². The van der Waals surface area contributed by atoms with E-state index >= 15 is 0 Å². The summed E-state index contributed by atoms with van der Waals surface area (Å²) in [6, 6.07) is 9.62. The Kier molecular flexibility index (Phi) is 4.04. The van der Waals surface area contributed by atoms with Gasteiger partial charge < -0.3 is 10.5 Å². The minimum atomic E-state index is -0.363. The molecule has 0 saturated carbocycles. The lowest BCUT2D eigenvalue weighted by atomic mass is 10.2. The summed E-state index contributed by atoms with van der Waals surface area (Å²) in [6.07, 6.45) is 0. The van der Waals surface area contributed by atoms with Gasteiger partial charge in [-0.1, -0.05) is 34.1 Å². The van der Waals surface area contributed by atoms with E-state index in [0.29, 0.717) is 17.2 Å². The average molecular weight is 326 g/mol. The topological polar surface area (TPSA) is 52.3 Å². The summed E-state index contributed by atoms with van der Waals surface area (Å²) in [6.45, 7) is 2.12. The van der Waals surface area contributed by atoms with E-state index in [1.165, 1.54) is 11.3 Å². The molecule has 0 unspecified atom stereocenters. The predicted octanol–water partition coefficient (Wildman–Crippen LogP) is 3.94. The number of ether oxygens (including phenoxy) is 1. The molecule has 2 aromatic rings. The molecule has 0 atom stereocenters. The van der Waals surface area contributed by atoms with Gasteiger partial charge in [-0.25, -0.2) is 4.79 Å². The first-order chi connectivity index (χ1) is 8.63. The van der Waals surface area contributed by atoms with Gasteiger partial charge in [-0.2, -0.15) is 0 Å². The minimum absolute atomic E-state index is 0.348. The molecular formula is C13H12BrNO2S. The average Bonchev–Trinajstić information content (AvgIpc) is 2.72. The Balaban J connectivity index is 2.41. The van der Waals surface area contributed by atoms with Crippen molar-refractivity contribution in [3.63, 3.8) is 0 Å². The van der Waals surface area contributed by atoms with E-state index in [1.54, 1.807) is 13.0 Å². The molecule has 18 heavy (non-hydrogen) atoms. The largest absolute Gasteiger partial charge is 0.462 e. The summed E-state index contributed by atoms with van der Waals surface area (Å²) in [5.41, 5.74) is 7.33. The van der Waals surface area contributed by atoms with Crippen molar-refractivity contribution in [2.24, 2.45) is 0 Å². The first-order valence-electron chi connectivity index (χ1n) is 5.44. The van der Waals surface area contributed by atoms with Crippen molar-refractivity contribution >= 4 is 38.9 Å². The van der Waals surface area contributed by atoms with Gasteiger partial charge in [0.05, 0.1) is 12.3 Å². The third kappa shape index (κ3) is 2.57. The third-order valence-electron chi connectivity index (χ3n) is 2.36. The van der Waals surface area contributed by atoms with Crippen LogP contribution in [0.4, 0.5) is 5.69 Å². The summed E-state index contributed by atoms with van der Waals surface area (Å²) >= 11 is 4.83. The van der Waals surface area contributed by atoms with Gasteiger partial charge in [-0.15, -0.1) is 11.3 Å². The molecule has 0 radical (unpaired) electrons. The first kappa shape index (κ1) is 13.1. The molecule has 1 aromatic heterocycles. The Morgan fingerprint density at radius 1 is 1.44 bits per heavy atom. The van der Waals surface area contributed by atoms with Gasteiger partial charge >= 0.3 is 5.97 Å². The Morgan fingerprint density at radius 2 is 2.17 bits per heavy atom. The van der Waals surface area contributed by atoms with Crippen molar-refractivity contribution in [1.29, 1.82) is 0 Å². The second kappa shape index (κ2) is 5.54. The number of halogens is 1. The van der Waals surface area contributed by atoms with Crippen LogP contribution in [0, 0.1) is 0 Å². The van der Waals surface area contributed by atoms with Crippen LogP contribution in [-0.2, 0) is 4.74 Å². The van der Waals surface area contributed by atoms with Crippen LogP contribution in [-0.4, -0.2) is 12.6 Å². The lowest BCUT2D eigenvalue weighted by Crippen LogP contribution is -2.04. The number of carbonyl (C=O) groups is 1. The van der Waals surface area contributed by atoms with Crippen LogP contribution >= 0.6 is 27.3 Å². The number of hydrogen-bond acceptors (Lipinski definition) is 4. The lowest BCUT2D eigenvalue weighted by molar-refractivity contribution is 0.0533. The first-order valence-corrected chi connectivity index (χ1v) is 7.05. The quantitative estimate of drug-likeness (QED) is 0.869. The van der Waals surface area contributed by atoms with Crippen LogP contribution in [0.1, 0.15) is 16.6 Å². The van der Waals surface area contributed by atoms with Crippen LogP contribution in [0.3, 0.4) is 0 Å². The molecule has 2 rings (SSSR count). The van der Waals surface area contributed by atoms with E-state index in [1.807, 2.05) is 24.3 Å². The number of carbonyl (C=O) groups excluding carboxylic acids is 1. The van der Waals surface area contributed by atoms with Gasteiger partial charge in [0.2, 0.25) is 0 Å². The van der Waals surface area contributed by atoms with E-state index in [9.17, 15) is 4.79 Å². The Bertz CT molecular complexity index is 580. The minimum Gasteiger partial charge on any atom is -0.462 e. The molecule has 0 fully saturated rings. The zero-order valence-electron chi connectivity index (χ0n) is 9.77. The number of nitrogen functional groups attached to an aromatic ring is 1. The molecule has 94 valence electrons. The number of anilines is 1. The highest BCUT2D eigenvalue weighted by Crippen LogP contribution is 2.37. The fourth-order valence-electron chi connectivity index (χ4n) is 1.56. The molecule has 0 spiro atoms. The van der Waals surface area contributed by atoms with Gasteiger partial charge in [0.1, 0.15) is 4.88 Å². The normalized spacial score (nSPS) is 10.3. The molecule has 3 nitrogen and oxygen atoms in total. The lowest BCUT2D eigenvalue weighted by Gasteiger charge is -2.00. The van der Waals surface area contributed by atoms with Gasteiger partial charge in [-0.05, 0) is 19.1 Å². The maximum Gasteiger partial charge on any atom is 0.350 e. The van der Waals surface area contributed by atoms with Gasteiger partial charge in [0.25, 0.3) is 0 Å². The van der Waals surface area contributed by atoms with Crippen LogP contribution in [0.5, 0.6) is 0 Å². The second-order valence-corrected chi connectivity index (χ2v) is 5.50. The molecule has 0 aliphatic rings. The monoisotopic (exact) mass is 325 g/mol. The molecule has 0 aliphatic carbocycles. The van der Waals surface area contributed by atoms with Crippen LogP contribution < -0.4 is 5.73 Å². The fraction of sp³-hybridized carbons (Fsp3) is 0.154. The molecule has 5 heteroatoms. The SMILES string of the molecule is CCOC(=O)c1sc(-c2ccccc2Br)cc1N. The summed E-state index contributed by atoms with van der Waals surface area (Å²) in [7, 11) is 0. The maximum absolute atomic E-state index is 11.7. The predicted molar refractivity (Wildman–Crippen MR) is 77.8 cm³/mol. The Morgan fingerprint density at radius 3 is 2.83 bits per heavy atom. The fourth-order valence-corrected chi connectivity index (χ4v) is 3.20. The summed E-state index contributed by atoms with van der Waals surface area (Å²) in [5.74, 6) is -0.363. The van der Waals surface area contributed by atoms with Gasteiger partial charge in [0.15, 0.2) is 0 Å². The summed E-state index contributed by atoms with van der Waals surface area (Å²) in [4.78, 5) is 13.1. The highest BCUT2D eigenvalue weighted by Gasteiger charge is 2.17. The summed E-state index contributed by atoms with van der Waals surface area (Å²) in [5, 5.41) is 0. The molecule has 0 aliphatic heterocycles. The maximum atomic E-state index is 11.7. The molecule has 0 amide bonds. The Labute approximate surface area is 118 Å². The van der Waals surface area contributed by atoms with E-state index < -0.39 is 0 Å². The number of benzene rings is 1. The number of hydrogen-bond donors (Lipinski definition) is 1. The Hall–Kier alpha value is -1.33. The highest BCUT2D eigenvalue weighted by molar-refractivity contribution is 9.10. The number of nitrogens with two attached hydrogens (primary N) is 1. The van der Waals surface area contributed by atoms with Crippen molar-refractivity contribution in [2.45, 2.75) is 6.92 Å². The molecular weight excluding hydrogens is 314 g/mol. The van der Waals surface area contributed by atoms with Crippen LogP contribution in [0.15, 0.2) is 34.8 Å². The van der Waals surface area contributed by atoms with Crippen LogP contribution in [0.25, 0.3) is 10.4 Å². The molecule has 2 N–H and O–H groups in total. The number of esters is 1. The molecule has 0 saturated heterocycles. The highest BCUT2D eigenvalue weighted by atomic mass is 79.9. The van der Waals surface area contributed by atoms with E-state index in [4.69, 9.17) is 10.5 Å². The molecule has 1 aromatic carbocycles. The third-order valence-corrected chi connectivity index (χ3v) is 4.22. The number of thiophene rings is 1. The molecule has 1 heterocycles. The van der Waals surface area contributed by atoms with E-state index in [0.717, 1.165) is 14.9 Å².